The van der Waals surface area contributed by atoms with Crippen molar-refractivity contribution in [1.82, 2.24) is 9.97 Å². The predicted octanol–water partition coefficient (Wildman–Crippen LogP) is 1.44. The van der Waals surface area contributed by atoms with Gasteiger partial charge >= 0.3 is 5.97 Å². The van der Waals surface area contributed by atoms with Gasteiger partial charge in [-0.15, -0.1) is 0 Å². The number of phenolic OH excluding ortho intramolecular Hbond substituents is 1. The summed E-state index contributed by atoms with van der Waals surface area (Å²) in [6, 6.07) is 3.59. The molecule has 102 valence electrons. The van der Waals surface area contributed by atoms with E-state index in [4.69, 9.17) is 5.11 Å². The van der Waals surface area contributed by atoms with E-state index in [0.717, 1.165) is 6.07 Å². The Morgan fingerprint density at radius 3 is 2.55 bits per heavy atom. The number of aromatic carboxylic acids is 1. The summed E-state index contributed by atoms with van der Waals surface area (Å²) in [6.45, 7) is 1.73. The summed E-state index contributed by atoms with van der Waals surface area (Å²) in [4.78, 5) is 30.5. The molecule has 0 bridgehead atoms. The monoisotopic (exact) mass is 273 g/mol. The number of anilines is 1. The first-order valence-electron chi connectivity index (χ1n) is 5.63. The number of benzene rings is 1. The fourth-order valence-corrected chi connectivity index (χ4v) is 1.47. The van der Waals surface area contributed by atoms with Crippen LogP contribution in [0, 0.1) is 6.92 Å². The van der Waals surface area contributed by atoms with Gasteiger partial charge in [-0.25, -0.2) is 9.78 Å². The van der Waals surface area contributed by atoms with Crippen LogP contribution in [0.25, 0.3) is 0 Å². The van der Waals surface area contributed by atoms with Crippen molar-refractivity contribution in [2.45, 2.75) is 6.92 Å². The number of rotatable bonds is 3. The van der Waals surface area contributed by atoms with Crippen LogP contribution >= 0.6 is 0 Å². The summed E-state index contributed by atoms with van der Waals surface area (Å²) in [6.07, 6.45) is 2.73. The molecule has 0 aliphatic carbocycles. The van der Waals surface area contributed by atoms with Gasteiger partial charge in [0.05, 0.1) is 23.1 Å². The Hall–Kier alpha value is -2.96. The molecule has 1 amide bonds. The van der Waals surface area contributed by atoms with Crippen LogP contribution in [-0.2, 0) is 0 Å². The number of carbonyl (C=O) groups excluding carboxylic acids is 1. The number of hydrogen-bond donors (Lipinski definition) is 3. The number of hydrogen-bond acceptors (Lipinski definition) is 5. The molecule has 0 saturated heterocycles. The van der Waals surface area contributed by atoms with Crippen molar-refractivity contribution in [1.29, 1.82) is 0 Å². The fourth-order valence-electron chi connectivity index (χ4n) is 1.47. The van der Waals surface area contributed by atoms with Gasteiger partial charge in [-0.3, -0.25) is 9.78 Å². The van der Waals surface area contributed by atoms with Gasteiger partial charge in [-0.1, -0.05) is 0 Å². The maximum absolute atomic E-state index is 11.9. The van der Waals surface area contributed by atoms with Gasteiger partial charge in [0.2, 0.25) is 0 Å². The van der Waals surface area contributed by atoms with E-state index < -0.39 is 11.9 Å². The Morgan fingerprint density at radius 2 is 1.95 bits per heavy atom. The minimum Gasteiger partial charge on any atom is -0.506 e. The molecular weight excluding hydrogens is 262 g/mol. The van der Waals surface area contributed by atoms with Crippen LogP contribution in [0.5, 0.6) is 5.75 Å². The molecule has 20 heavy (non-hydrogen) atoms. The van der Waals surface area contributed by atoms with Crippen LogP contribution in [0.15, 0.2) is 30.6 Å². The number of aryl methyl sites for hydroxylation is 1. The second-order valence-corrected chi connectivity index (χ2v) is 4.03. The molecule has 3 N–H and O–H groups in total. The number of nitrogens with zero attached hydrogens (tertiary/aromatic N) is 2. The van der Waals surface area contributed by atoms with Crippen molar-refractivity contribution < 1.29 is 19.8 Å². The topological polar surface area (TPSA) is 112 Å². The van der Waals surface area contributed by atoms with Crippen LogP contribution in [0.3, 0.4) is 0 Å². The maximum Gasteiger partial charge on any atom is 0.335 e. The van der Waals surface area contributed by atoms with Crippen molar-refractivity contribution in [2.75, 3.05) is 5.32 Å². The normalized spacial score (nSPS) is 10.1. The first-order valence-corrected chi connectivity index (χ1v) is 5.63. The first-order chi connectivity index (χ1) is 9.47. The van der Waals surface area contributed by atoms with Crippen LogP contribution in [0.4, 0.5) is 5.69 Å². The highest BCUT2D eigenvalue weighted by atomic mass is 16.4. The Morgan fingerprint density at radius 1 is 1.20 bits per heavy atom. The molecule has 2 aromatic rings. The molecule has 0 radical (unpaired) electrons. The Labute approximate surface area is 113 Å². The van der Waals surface area contributed by atoms with Gasteiger partial charge in [0.25, 0.3) is 5.91 Å². The van der Waals surface area contributed by atoms with Gasteiger partial charge in [0.15, 0.2) is 0 Å². The lowest BCUT2D eigenvalue weighted by Crippen LogP contribution is -2.14. The molecular formula is C13H11N3O4. The van der Waals surface area contributed by atoms with Gasteiger partial charge in [-0.2, -0.15) is 0 Å². The van der Waals surface area contributed by atoms with E-state index in [1.807, 2.05) is 0 Å². The van der Waals surface area contributed by atoms with Crippen LogP contribution < -0.4 is 5.32 Å². The van der Waals surface area contributed by atoms with E-state index in [-0.39, 0.29) is 22.7 Å². The summed E-state index contributed by atoms with van der Waals surface area (Å²) < 4.78 is 0. The van der Waals surface area contributed by atoms with Crippen LogP contribution in [-0.4, -0.2) is 32.1 Å². The van der Waals surface area contributed by atoms with Crippen molar-refractivity contribution >= 4 is 17.6 Å². The quantitative estimate of drug-likeness (QED) is 0.729. The number of amides is 1. The number of aromatic nitrogens is 2. The average molecular weight is 273 g/mol. The van der Waals surface area contributed by atoms with Crippen LogP contribution in [0.2, 0.25) is 0 Å². The van der Waals surface area contributed by atoms with E-state index in [0.29, 0.717) is 5.69 Å². The zero-order valence-electron chi connectivity index (χ0n) is 10.5. The fraction of sp³-hybridized carbons (Fsp3) is 0.0769. The first kappa shape index (κ1) is 13.5. The SMILES string of the molecule is Cc1cnc(C(=O)Nc2cc(C(=O)O)ccc2O)cn1. The molecule has 0 atom stereocenters. The third-order valence-corrected chi connectivity index (χ3v) is 2.51. The highest BCUT2D eigenvalue weighted by Crippen LogP contribution is 2.24. The molecule has 0 aliphatic heterocycles. The lowest BCUT2D eigenvalue weighted by molar-refractivity contribution is 0.0696. The second-order valence-electron chi connectivity index (χ2n) is 4.03. The molecule has 1 aromatic heterocycles. The number of carbonyl (C=O) groups is 2. The van der Waals surface area contributed by atoms with Crippen molar-refractivity contribution in [2.24, 2.45) is 0 Å². The highest BCUT2D eigenvalue weighted by Gasteiger charge is 2.13. The van der Waals surface area contributed by atoms with Gasteiger partial charge in [-0.05, 0) is 25.1 Å². The minimum atomic E-state index is -1.16. The standard InChI is InChI=1S/C13H11N3O4/c1-7-5-15-10(6-14-7)12(18)16-9-4-8(13(19)20)2-3-11(9)17/h2-6,17H,1H3,(H,16,18)(H,19,20). The summed E-state index contributed by atoms with van der Waals surface area (Å²) in [7, 11) is 0. The van der Waals surface area contributed by atoms with E-state index in [9.17, 15) is 14.7 Å². The molecule has 1 heterocycles. The third kappa shape index (κ3) is 2.89. The van der Waals surface area contributed by atoms with Gasteiger partial charge < -0.3 is 15.5 Å². The lowest BCUT2D eigenvalue weighted by Gasteiger charge is -2.07. The smallest absolute Gasteiger partial charge is 0.335 e. The highest BCUT2D eigenvalue weighted by molar-refractivity contribution is 6.04. The Kier molecular flexibility index (Phi) is 3.60. The average Bonchev–Trinajstić information content (AvgIpc) is 2.41. The largest absolute Gasteiger partial charge is 0.506 e. The van der Waals surface area contributed by atoms with Gasteiger partial charge in [0.1, 0.15) is 11.4 Å². The van der Waals surface area contributed by atoms with Gasteiger partial charge in [0, 0.05) is 6.20 Å². The van der Waals surface area contributed by atoms with Crippen LogP contribution in [0.1, 0.15) is 26.5 Å². The molecule has 0 aliphatic rings. The number of nitrogens with one attached hydrogen (secondary N) is 1. The zero-order chi connectivity index (χ0) is 14.7. The van der Waals surface area contributed by atoms with E-state index in [2.05, 4.69) is 15.3 Å². The summed E-state index contributed by atoms with van der Waals surface area (Å²) in [5.41, 5.74) is 0.679. The van der Waals surface area contributed by atoms with E-state index >= 15 is 0 Å². The molecule has 7 nitrogen and oxygen atoms in total. The minimum absolute atomic E-state index is 0.00252. The Balaban J connectivity index is 2.25. The number of phenols is 1. The molecule has 0 unspecified atom stereocenters. The molecule has 2 rings (SSSR count). The number of carboxylic acids is 1. The second kappa shape index (κ2) is 5.35. The molecule has 0 fully saturated rings. The van der Waals surface area contributed by atoms with Crippen molar-refractivity contribution in [3.8, 4) is 5.75 Å². The summed E-state index contributed by atoms with van der Waals surface area (Å²) in [5, 5.41) is 20.9. The number of carboxylic acid groups (broad SMARTS) is 1. The summed E-state index contributed by atoms with van der Waals surface area (Å²) >= 11 is 0. The van der Waals surface area contributed by atoms with Crippen molar-refractivity contribution in [3.05, 3.63) is 47.5 Å². The Bertz CT molecular complexity index is 668. The number of aromatic hydroxyl groups is 1. The lowest BCUT2D eigenvalue weighted by atomic mass is 10.2. The molecule has 0 spiro atoms. The summed E-state index contributed by atoms with van der Waals surface area (Å²) in [5.74, 6) is -1.98. The van der Waals surface area contributed by atoms with E-state index in [1.54, 1.807) is 6.92 Å². The molecule has 7 heteroatoms. The van der Waals surface area contributed by atoms with Crippen molar-refractivity contribution in [3.63, 3.8) is 0 Å². The maximum atomic E-state index is 11.9. The molecule has 0 saturated carbocycles. The van der Waals surface area contributed by atoms with E-state index in [1.165, 1.54) is 24.5 Å². The predicted molar refractivity (Wildman–Crippen MR) is 69.8 cm³/mol. The third-order valence-electron chi connectivity index (χ3n) is 2.51. The zero-order valence-corrected chi connectivity index (χ0v) is 10.5. The molecule has 1 aromatic carbocycles.